The average molecular weight is 314 g/mol. The van der Waals surface area contributed by atoms with Crippen LogP contribution in [0.1, 0.15) is 80.1 Å². The summed E-state index contributed by atoms with van der Waals surface area (Å²) in [6.07, 6.45) is 5.35. The van der Waals surface area contributed by atoms with Crippen molar-refractivity contribution in [3.8, 4) is 0 Å². The Kier molecular flexibility index (Phi) is 9.38. The zero-order valence-electron chi connectivity index (χ0n) is 15.1. The van der Waals surface area contributed by atoms with Gasteiger partial charge in [-0.05, 0) is 38.0 Å². The quantitative estimate of drug-likeness (QED) is 0.342. The van der Waals surface area contributed by atoms with Gasteiger partial charge in [-0.25, -0.2) is 0 Å². The molecule has 0 spiro atoms. The number of rotatable bonds is 11. The third kappa shape index (κ3) is 5.98. The van der Waals surface area contributed by atoms with Crippen LogP contribution in [-0.4, -0.2) is 23.1 Å². The Labute approximate surface area is 135 Å². The summed E-state index contributed by atoms with van der Waals surface area (Å²) in [6, 6.07) is 0. The maximum absolute atomic E-state index is 12.6. The first-order chi connectivity index (χ1) is 10.2. The van der Waals surface area contributed by atoms with Gasteiger partial charge in [0.25, 0.3) is 0 Å². The molecular formula is C18H34O4. The van der Waals surface area contributed by atoms with Gasteiger partial charge in [-0.3, -0.25) is 9.59 Å². The summed E-state index contributed by atoms with van der Waals surface area (Å²) in [5.41, 5.74) is -1.44. The molecule has 1 N–H and O–H groups in total. The van der Waals surface area contributed by atoms with E-state index < -0.39 is 17.4 Å². The summed E-state index contributed by atoms with van der Waals surface area (Å²) in [4.78, 5) is 24.4. The van der Waals surface area contributed by atoms with Crippen LogP contribution in [0.2, 0.25) is 0 Å². The number of carboxylic acid groups (broad SMARTS) is 1. The topological polar surface area (TPSA) is 63.6 Å². The fourth-order valence-corrected chi connectivity index (χ4v) is 2.83. The Hall–Kier alpha value is -1.06. The van der Waals surface area contributed by atoms with Crippen molar-refractivity contribution in [2.24, 2.45) is 17.3 Å². The highest BCUT2D eigenvalue weighted by Crippen LogP contribution is 2.37. The molecule has 2 unspecified atom stereocenters. The van der Waals surface area contributed by atoms with Gasteiger partial charge < -0.3 is 9.84 Å². The molecule has 2 atom stereocenters. The molecule has 0 aromatic rings. The number of hydrogen-bond donors (Lipinski definition) is 1. The van der Waals surface area contributed by atoms with Gasteiger partial charge >= 0.3 is 11.9 Å². The van der Waals surface area contributed by atoms with Crippen molar-refractivity contribution >= 4 is 11.9 Å². The SMILES string of the molecule is CCCCCCC(C)OC(=O)C(CC(C)C)(C(=O)O)C(C)C. The lowest BCUT2D eigenvalue weighted by Crippen LogP contribution is -2.47. The van der Waals surface area contributed by atoms with Crippen LogP contribution in [0.4, 0.5) is 0 Å². The van der Waals surface area contributed by atoms with E-state index in [4.69, 9.17) is 4.74 Å². The third-order valence-electron chi connectivity index (χ3n) is 4.23. The van der Waals surface area contributed by atoms with E-state index in [1.54, 1.807) is 13.8 Å². The zero-order chi connectivity index (χ0) is 17.3. The van der Waals surface area contributed by atoms with Crippen LogP contribution in [0.15, 0.2) is 0 Å². The highest BCUT2D eigenvalue weighted by Gasteiger charge is 2.51. The number of aliphatic carboxylic acids is 1. The van der Waals surface area contributed by atoms with Gasteiger partial charge in [-0.2, -0.15) is 0 Å². The van der Waals surface area contributed by atoms with E-state index >= 15 is 0 Å². The second kappa shape index (κ2) is 9.86. The molecule has 0 aliphatic heterocycles. The molecule has 0 bridgehead atoms. The van der Waals surface area contributed by atoms with E-state index in [1.165, 1.54) is 6.42 Å². The van der Waals surface area contributed by atoms with E-state index in [-0.39, 0.29) is 17.9 Å². The van der Waals surface area contributed by atoms with Crippen LogP contribution in [0.3, 0.4) is 0 Å². The first kappa shape index (κ1) is 20.9. The van der Waals surface area contributed by atoms with Crippen LogP contribution < -0.4 is 0 Å². The second-order valence-electron chi connectivity index (χ2n) is 7.09. The van der Waals surface area contributed by atoms with E-state index in [0.29, 0.717) is 6.42 Å². The molecule has 22 heavy (non-hydrogen) atoms. The van der Waals surface area contributed by atoms with E-state index in [2.05, 4.69) is 6.92 Å². The minimum absolute atomic E-state index is 0.117. The van der Waals surface area contributed by atoms with Gasteiger partial charge in [0.05, 0.1) is 6.10 Å². The molecule has 0 aliphatic rings. The van der Waals surface area contributed by atoms with Gasteiger partial charge in [0.1, 0.15) is 0 Å². The molecule has 0 radical (unpaired) electrons. The molecule has 0 heterocycles. The first-order valence-corrected chi connectivity index (χ1v) is 8.62. The third-order valence-corrected chi connectivity index (χ3v) is 4.23. The number of carbonyl (C=O) groups excluding carboxylic acids is 1. The minimum atomic E-state index is -1.44. The Morgan fingerprint density at radius 1 is 1.05 bits per heavy atom. The molecule has 4 nitrogen and oxygen atoms in total. The highest BCUT2D eigenvalue weighted by atomic mass is 16.5. The van der Waals surface area contributed by atoms with Gasteiger partial charge in [-0.1, -0.05) is 53.9 Å². The van der Waals surface area contributed by atoms with Gasteiger partial charge in [0.15, 0.2) is 5.41 Å². The van der Waals surface area contributed by atoms with Gasteiger partial charge in [0, 0.05) is 0 Å². The standard InChI is InChI=1S/C18H34O4/c1-7-8-9-10-11-15(6)22-17(21)18(14(4)5,16(19)20)12-13(2)3/h13-15H,7-12H2,1-6H3,(H,19,20). The number of hydrogen-bond acceptors (Lipinski definition) is 3. The maximum atomic E-state index is 12.6. The summed E-state index contributed by atoms with van der Waals surface area (Å²) < 4.78 is 5.50. The Morgan fingerprint density at radius 3 is 2.05 bits per heavy atom. The predicted octanol–water partition coefficient (Wildman–Crippen LogP) is 4.66. The van der Waals surface area contributed by atoms with E-state index in [1.807, 2.05) is 20.8 Å². The monoisotopic (exact) mass is 314 g/mol. The molecule has 0 aromatic carbocycles. The molecule has 130 valence electrons. The number of carbonyl (C=O) groups is 2. The molecule has 0 aromatic heterocycles. The van der Waals surface area contributed by atoms with Gasteiger partial charge in [0.2, 0.25) is 0 Å². The zero-order valence-corrected chi connectivity index (χ0v) is 15.1. The van der Waals surface area contributed by atoms with Crippen LogP contribution in [0, 0.1) is 17.3 Å². The van der Waals surface area contributed by atoms with Crippen molar-refractivity contribution < 1.29 is 19.4 Å². The van der Waals surface area contributed by atoms with Crippen LogP contribution >= 0.6 is 0 Å². The van der Waals surface area contributed by atoms with Crippen LogP contribution in [0.25, 0.3) is 0 Å². The number of esters is 1. The molecule has 4 heteroatoms. The Morgan fingerprint density at radius 2 is 1.64 bits per heavy atom. The predicted molar refractivity (Wildman–Crippen MR) is 88.7 cm³/mol. The van der Waals surface area contributed by atoms with Gasteiger partial charge in [-0.15, -0.1) is 0 Å². The average Bonchev–Trinajstić information content (AvgIpc) is 2.39. The lowest BCUT2D eigenvalue weighted by atomic mass is 9.71. The molecule has 0 amide bonds. The van der Waals surface area contributed by atoms with Crippen molar-refractivity contribution in [3.05, 3.63) is 0 Å². The molecule has 0 saturated heterocycles. The fourth-order valence-electron chi connectivity index (χ4n) is 2.83. The summed E-state index contributed by atoms with van der Waals surface area (Å²) in [5.74, 6) is -1.83. The van der Waals surface area contributed by atoms with E-state index in [0.717, 1.165) is 25.7 Å². The molecule has 0 aliphatic carbocycles. The number of ether oxygens (including phenoxy) is 1. The first-order valence-electron chi connectivity index (χ1n) is 8.62. The highest BCUT2D eigenvalue weighted by molar-refractivity contribution is 5.99. The maximum Gasteiger partial charge on any atom is 0.324 e. The van der Waals surface area contributed by atoms with Crippen molar-refractivity contribution in [1.29, 1.82) is 0 Å². The van der Waals surface area contributed by atoms with Crippen molar-refractivity contribution in [2.45, 2.75) is 86.2 Å². The summed E-state index contributed by atoms with van der Waals surface area (Å²) in [6.45, 7) is 11.4. The summed E-state index contributed by atoms with van der Waals surface area (Å²) in [5, 5.41) is 9.67. The largest absolute Gasteiger partial charge is 0.480 e. The Balaban J connectivity index is 4.86. The molecule has 0 rings (SSSR count). The normalized spacial score (nSPS) is 15.6. The minimum Gasteiger partial charge on any atom is -0.480 e. The molecule has 0 saturated carbocycles. The van der Waals surface area contributed by atoms with Crippen molar-refractivity contribution in [3.63, 3.8) is 0 Å². The Bertz CT molecular complexity index is 349. The number of carboxylic acids is 1. The van der Waals surface area contributed by atoms with Crippen molar-refractivity contribution in [1.82, 2.24) is 0 Å². The molecular weight excluding hydrogens is 280 g/mol. The lowest BCUT2D eigenvalue weighted by Gasteiger charge is -2.33. The molecule has 0 fully saturated rings. The van der Waals surface area contributed by atoms with Crippen molar-refractivity contribution in [2.75, 3.05) is 0 Å². The van der Waals surface area contributed by atoms with Crippen LogP contribution in [0.5, 0.6) is 0 Å². The van der Waals surface area contributed by atoms with E-state index in [9.17, 15) is 14.7 Å². The summed E-state index contributed by atoms with van der Waals surface area (Å²) >= 11 is 0. The lowest BCUT2D eigenvalue weighted by molar-refractivity contribution is -0.177. The number of unbranched alkanes of at least 4 members (excludes halogenated alkanes) is 3. The smallest absolute Gasteiger partial charge is 0.324 e. The second-order valence-corrected chi connectivity index (χ2v) is 7.09. The fraction of sp³-hybridized carbons (Fsp3) is 0.889. The van der Waals surface area contributed by atoms with Crippen LogP contribution in [-0.2, 0) is 14.3 Å². The summed E-state index contributed by atoms with van der Waals surface area (Å²) in [7, 11) is 0.